The Hall–Kier alpha value is -1.92. The van der Waals surface area contributed by atoms with Crippen molar-refractivity contribution in [3.63, 3.8) is 0 Å². The predicted octanol–water partition coefficient (Wildman–Crippen LogP) is 0.659. The molecule has 7 heteroatoms. The number of aromatic nitrogens is 3. The number of hydrogen-bond acceptors (Lipinski definition) is 6. The third-order valence-electron chi connectivity index (χ3n) is 1.50. The van der Waals surface area contributed by atoms with Crippen molar-refractivity contribution in [3.05, 3.63) is 0 Å². The molecule has 0 saturated heterocycles. The molecular weight excluding hydrogens is 210 g/mol. The molecule has 0 aromatic carbocycles. The number of methoxy groups -OCH3 is 1. The number of carbonyl (C=O) groups excluding carboxylic acids is 1. The second-order valence-corrected chi connectivity index (χ2v) is 3.45. The van der Waals surface area contributed by atoms with Crippen LogP contribution < -0.4 is 15.4 Å². The lowest BCUT2D eigenvalue weighted by Gasteiger charge is -2.10. The van der Waals surface area contributed by atoms with Gasteiger partial charge in [-0.2, -0.15) is 15.0 Å². The van der Waals surface area contributed by atoms with Gasteiger partial charge in [0.15, 0.2) is 0 Å². The van der Waals surface area contributed by atoms with E-state index in [4.69, 9.17) is 4.74 Å². The van der Waals surface area contributed by atoms with E-state index in [1.165, 1.54) is 14.0 Å². The van der Waals surface area contributed by atoms with Gasteiger partial charge < -0.3 is 10.1 Å². The van der Waals surface area contributed by atoms with Gasteiger partial charge in [0, 0.05) is 13.0 Å². The summed E-state index contributed by atoms with van der Waals surface area (Å²) in [6.45, 7) is 5.29. The number of hydrogen-bond donors (Lipinski definition) is 2. The van der Waals surface area contributed by atoms with Crippen LogP contribution in [0.5, 0.6) is 6.01 Å². The Morgan fingerprint density at radius 1 is 1.25 bits per heavy atom. The highest BCUT2D eigenvalue weighted by Crippen LogP contribution is 2.11. The third-order valence-corrected chi connectivity index (χ3v) is 1.50. The summed E-state index contributed by atoms with van der Waals surface area (Å²) < 4.78 is 4.91. The molecule has 0 aliphatic carbocycles. The summed E-state index contributed by atoms with van der Waals surface area (Å²) >= 11 is 0. The maximum atomic E-state index is 10.9. The average Bonchev–Trinajstić information content (AvgIpc) is 2.14. The maximum Gasteiger partial charge on any atom is 0.322 e. The van der Waals surface area contributed by atoms with Crippen molar-refractivity contribution in [3.8, 4) is 6.01 Å². The zero-order valence-electron chi connectivity index (χ0n) is 9.74. The Morgan fingerprint density at radius 3 is 2.38 bits per heavy atom. The molecule has 0 aliphatic heterocycles. The molecule has 7 nitrogen and oxygen atoms in total. The Balaban J connectivity index is 2.95. The van der Waals surface area contributed by atoms with E-state index >= 15 is 0 Å². The van der Waals surface area contributed by atoms with E-state index in [0.29, 0.717) is 5.95 Å². The minimum absolute atomic E-state index is 0.155. The number of ether oxygens (including phenoxy) is 1. The first-order valence-corrected chi connectivity index (χ1v) is 4.85. The summed E-state index contributed by atoms with van der Waals surface area (Å²) in [7, 11) is 1.45. The molecule has 1 aromatic rings. The first kappa shape index (κ1) is 12.2. The molecule has 0 fully saturated rings. The lowest BCUT2D eigenvalue weighted by atomic mass is 10.4. The fraction of sp³-hybridized carbons (Fsp3) is 0.556. The van der Waals surface area contributed by atoms with E-state index in [0.717, 1.165) is 0 Å². The number of amides is 1. The smallest absolute Gasteiger partial charge is 0.322 e. The molecule has 1 aromatic heterocycles. The maximum absolute atomic E-state index is 10.9. The standard InChI is InChI=1S/C9H15N5O2/c1-5(2)10-7-12-8(11-6(3)15)14-9(13-7)16-4/h5H,1-4H3,(H2,10,11,12,13,14,15). The molecule has 0 atom stereocenters. The van der Waals surface area contributed by atoms with Gasteiger partial charge in [0.2, 0.25) is 17.8 Å². The Labute approximate surface area is 93.7 Å². The average molecular weight is 225 g/mol. The van der Waals surface area contributed by atoms with E-state index < -0.39 is 0 Å². The zero-order chi connectivity index (χ0) is 12.1. The zero-order valence-corrected chi connectivity index (χ0v) is 9.74. The van der Waals surface area contributed by atoms with Crippen LogP contribution in [0.15, 0.2) is 0 Å². The molecule has 0 radical (unpaired) electrons. The lowest BCUT2D eigenvalue weighted by Crippen LogP contribution is -2.16. The van der Waals surface area contributed by atoms with Gasteiger partial charge in [-0.15, -0.1) is 0 Å². The number of carbonyl (C=O) groups is 1. The van der Waals surface area contributed by atoms with Crippen LogP contribution in [0.4, 0.5) is 11.9 Å². The van der Waals surface area contributed by atoms with E-state index in [2.05, 4.69) is 25.6 Å². The van der Waals surface area contributed by atoms with Crippen LogP contribution in [-0.4, -0.2) is 34.0 Å². The predicted molar refractivity (Wildman–Crippen MR) is 59.4 cm³/mol. The van der Waals surface area contributed by atoms with Crippen LogP contribution in [0.1, 0.15) is 20.8 Å². The number of nitrogens with one attached hydrogen (secondary N) is 2. The molecule has 0 bridgehead atoms. The van der Waals surface area contributed by atoms with E-state index in [1.807, 2.05) is 13.8 Å². The van der Waals surface area contributed by atoms with Crippen molar-refractivity contribution >= 4 is 17.8 Å². The topological polar surface area (TPSA) is 89.0 Å². The van der Waals surface area contributed by atoms with Crippen LogP contribution in [0, 0.1) is 0 Å². The minimum atomic E-state index is -0.247. The second-order valence-electron chi connectivity index (χ2n) is 3.45. The van der Waals surface area contributed by atoms with Gasteiger partial charge in [-0.1, -0.05) is 0 Å². The van der Waals surface area contributed by atoms with Crippen LogP contribution in [0.25, 0.3) is 0 Å². The molecule has 88 valence electrons. The van der Waals surface area contributed by atoms with E-state index in [1.54, 1.807) is 0 Å². The first-order chi connectivity index (χ1) is 7.51. The largest absolute Gasteiger partial charge is 0.467 e. The number of nitrogens with zero attached hydrogens (tertiary/aromatic N) is 3. The number of rotatable bonds is 4. The third kappa shape index (κ3) is 3.68. The Morgan fingerprint density at radius 2 is 1.88 bits per heavy atom. The highest BCUT2D eigenvalue weighted by Gasteiger charge is 2.08. The van der Waals surface area contributed by atoms with Crippen molar-refractivity contribution in [1.29, 1.82) is 0 Å². The van der Waals surface area contributed by atoms with Crippen LogP contribution in [0.2, 0.25) is 0 Å². The summed E-state index contributed by atoms with van der Waals surface area (Å²) in [6.07, 6.45) is 0. The summed E-state index contributed by atoms with van der Waals surface area (Å²) in [6, 6.07) is 0.333. The first-order valence-electron chi connectivity index (χ1n) is 4.85. The molecule has 1 rings (SSSR count). The minimum Gasteiger partial charge on any atom is -0.467 e. The van der Waals surface area contributed by atoms with Crippen molar-refractivity contribution in [1.82, 2.24) is 15.0 Å². The molecule has 0 spiro atoms. The lowest BCUT2D eigenvalue weighted by molar-refractivity contribution is -0.114. The second kappa shape index (κ2) is 5.24. The molecular formula is C9H15N5O2. The normalized spacial score (nSPS) is 10.1. The summed E-state index contributed by atoms with van der Waals surface area (Å²) in [5, 5.41) is 5.47. The highest BCUT2D eigenvalue weighted by molar-refractivity contribution is 5.86. The van der Waals surface area contributed by atoms with Gasteiger partial charge in [0.05, 0.1) is 7.11 Å². The molecule has 0 saturated carbocycles. The SMILES string of the molecule is COc1nc(NC(C)=O)nc(NC(C)C)n1. The molecule has 1 amide bonds. The van der Waals surface area contributed by atoms with Crippen molar-refractivity contribution in [2.45, 2.75) is 26.8 Å². The number of anilines is 2. The van der Waals surface area contributed by atoms with E-state index in [-0.39, 0.29) is 23.9 Å². The molecule has 0 aliphatic rings. The Kier molecular flexibility index (Phi) is 3.98. The van der Waals surface area contributed by atoms with Gasteiger partial charge in [-0.05, 0) is 13.8 Å². The fourth-order valence-corrected chi connectivity index (χ4v) is 0.984. The van der Waals surface area contributed by atoms with Gasteiger partial charge in [-0.25, -0.2) is 0 Å². The van der Waals surface area contributed by atoms with Crippen molar-refractivity contribution in [2.75, 3.05) is 17.7 Å². The molecule has 2 N–H and O–H groups in total. The monoisotopic (exact) mass is 225 g/mol. The van der Waals surface area contributed by atoms with Gasteiger partial charge in [-0.3, -0.25) is 10.1 Å². The fourth-order valence-electron chi connectivity index (χ4n) is 0.984. The van der Waals surface area contributed by atoms with Gasteiger partial charge >= 0.3 is 6.01 Å². The van der Waals surface area contributed by atoms with E-state index in [9.17, 15) is 4.79 Å². The van der Waals surface area contributed by atoms with Gasteiger partial charge in [0.25, 0.3) is 0 Å². The highest BCUT2D eigenvalue weighted by atomic mass is 16.5. The summed E-state index contributed by atoms with van der Waals surface area (Å²) in [5.74, 6) is 0.289. The Bertz CT molecular complexity index is 380. The van der Waals surface area contributed by atoms with Crippen LogP contribution in [-0.2, 0) is 4.79 Å². The molecule has 0 unspecified atom stereocenters. The molecule has 1 heterocycles. The quantitative estimate of drug-likeness (QED) is 0.782. The van der Waals surface area contributed by atoms with Crippen LogP contribution >= 0.6 is 0 Å². The summed E-state index contributed by atoms with van der Waals surface area (Å²) in [4.78, 5) is 22.8. The molecule has 16 heavy (non-hydrogen) atoms. The van der Waals surface area contributed by atoms with Gasteiger partial charge in [0.1, 0.15) is 0 Å². The van der Waals surface area contributed by atoms with Crippen molar-refractivity contribution in [2.24, 2.45) is 0 Å². The van der Waals surface area contributed by atoms with Crippen molar-refractivity contribution < 1.29 is 9.53 Å². The summed E-state index contributed by atoms with van der Waals surface area (Å²) in [5.41, 5.74) is 0. The van der Waals surface area contributed by atoms with Crippen LogP contribution in [0.3, 0.4) is 0 Å².